The Morgan fingerprint density at radius 1 is 1.11 bits per heavy atom. The Morgan fingerprint density at radius 2 is 1.81 bits per heavy atom. The van der Waals surface area contributed by atoms with Gasteiger partial charge in [-0.1, -0.05) is 30.7 Å². The molecule has 0 aliphatic carbocycles. The van der Waals surface area contributed by atoms with Gasteiger partial charge in [-0.05, 0) is 36.8 Å². The van der Waals surface area contributed by atoms with E-state index in [0.717, 1.165) is 11.1 Å². The molecule has 1 aliphatic heterocycles. The van der Waals surface area contributed by atoms with Gasteiger partial charge in [0.1, 0.15) is 0 Å². The largest absolute Gasteiger partial charge is 0.469 e. The van der Waals surface area contributed by atoms with E-state index in [4.69, 9.17) is 14.2 Å². The maximum absolute atomic E-state index is 13.1. The fourth-order valence-corrected chi connectivity index (χ4v) is 2.96. The van der Waals surface area contributed by atoms with Crippen molar-refractivity contribution in [2.45, 2.75) is 20.4 Å². The molecule has 0 N–H and O–H groups in total. The molecule has 0 saturated heterocycles. The first-order valence-corrected chi connectivity index (χ1v) is 8.80. The summed E-state index contributed by atoms with van der Waals surface area (Å²) in [6.07, 6.45) is 0. The van der Waals surface area contributed by atoms with Crippen molar-refractivity contribution >= 4 is 11.9 Å². The minimum atomic E-state index is -0.432. The summed E-state index contributed by atoms with van der Waals surface area (Å²) in [7, 11) is 1.35. The van der Waals surface area contributed by atoms with Gasteiger partial charge in [0.15, 0.2) is 11.5 Å². The van der Waals surface area contributed by atoms with Gasteiger partial charge in [-0.25, -0.2) is 0 Å². The molecule has 3 rings (SSSR count). The predicted molar refractivity (Wildman–Crippen MR) is 99.7 cm³/mol. The third-order valence-corrected chi connectivity index (χ3v) is 4.49. The Balaban J connectivity index is 1.83. The molecule has 2 aromatic carbocycles. The fraction of sp³-hybridized carbons (Fsp3) is 0.333. The summed E-state index contributed by atoms with van der Waals surface area (Å²) in [5.74, 6) is 0.443. The third kappa shape index (κ3) is 4.39. The number of hydrogen-bond donors (Lipinski definition) is 0. The quantitative estimate of drug-likeness (QED) is 0.732. The van der Waals surface area contributed by atoms with Gasteiger partial charge in [0.05, 0.1) is 13.0 Å². The summed E-state index contributed by atoms with van der Waals surface area (Å²) < 4.78 is 15.6. The molecule has 0 bridgehead atoms. The van der Waals surface area contributed by atoms with Crippen LogP contribution < -0.4 is 9.47 Å². The lowest BCUT2D eigenvalue weighted by molar-refractivity contribution is -0.145. The van der Waals surface area contributed by atoms with E-state index in [1.165, 1.54) is 7.11 Å². The predicted octanol–water partition coefficient (Wildman–Crippen LogP) is 3.18. The van der Waals surface area contributed by atoms with Crippen LogP contribution in [-0.4, -0.2) is 37.2 Å². The second-order valence-electron chi connectivity index (χ2n) is 6.66. The van der Waals surface area contributed by atoms with E-state index in [-0.39, 0.29) is 25.2 Å². The molecule has 0 saturated carbocycles. The van der Waals surface area contributed by atoms with Crippen molar-refractivity contribution in [2.75, 3.05) is 20.4 Å². The average Bonchev–Trinajstić information content (AvgIpc) is 3.14. The minimum absolute atomic E-state index is 0.136. The smallest absolute Gasteiger partial charge is 0.310 e. The highest BCUT2D eigenvalue weighted by molar-refractivity contribution is 5.94. The summed E-state index contributed by atoms with van der Waals surface area (Å²) in [5.41, 5.74) is 2.56. The Hall–Kier alpha value is -3.02. The summed E-state index contributed by atoms with van der Waals surface area (Å²) in [6.45, 7) is 4.53. The highest BCUT2D eigenvalue weighted by Gasteiger charge is 2.23. The lowest BCUT2D eigenvalue weighted by Crippen LogP contribution is -2.36. The summed E-state index contributed by atoms with van der Waals surface area (Å²) in [6, 6.07) is 13.0. The van der Waals surface area contributed by atoms with Crippen LogP contribution in [0.4, 0.5) is 0 Å². The van der Waals surface area contributed by atoms with Crippen LogP contribution in [0.2, 0.25) is 0 Å². The maximum atomic E-state index is 13.1. The minimum Gasteiger partial charge on any atom is -0.469 e. The number of fused-ring (bicyclic) bond motifs is 1. The van der Waals surface area contributed by atoms with E-state index >= 15 is 0 Å². The van der Waals surface area contributed by atoms with Crippen LogP contribution in [0.3, 0.4) is 0 Å². The molecule has 0 aromatic heterocycles. The first kappa shape index (κ1) is 18.8. The van der Waals surface area contributed by atoms with Crippen LogP contribution >= 0.6 is 0 Å². The van der Waals surface area contributed by atoms with Crippen molar-refractivity contribution in [1.29, 1.82) is 0 Å². The van der Waals surface area contributed by atoms with Gasteiger partial charge in [0.25, 0.3) is 5.91 Å². The standard InChI is InChI=1S/C21H23NO5/c1-14-4-7-17(8-5-14)20(23)22(11-15(2)21(24)25-3)12-16-6-9-18-19(10-16)27-13-26-18/h4-10,15H,11-13H2,1-3H3. The van der Waals surface area contributed by atoms with Crippen molar-refractivity contribution in [3.8, 4) is 11.5 Å². The normalized spacial score (nSPS) is 13.1. The maximum Gasteiger partial charge on any atom is 0.310 e. The number of methoxy groups -OCH3 is 1. The summed E-state index contributed by atoms with van der Waals surface area (Å²) in [5, 5.41) is 0. The SMILES string of the molecule is COC(=O)C(C)CN(Cc1ccc2c(c1)OCO2)C(=O)c1ccc(C)cc1. The van der Waals surface area contributed by atoms with E-state index in [1.54, 1.807) is 24.0 Å². The topological polar surface area (TPSA) is 65.1 Å². The second kappa shape index (κ2) is 8.12. The van der Waals surface area contributed by atoms with E-state index in [9.17, 15) is 9.59 Å². The van der Waals surface area contributed by atoms with Crippen LogP contribution in [0, 0.1) is 12.8 Å². The lowest BCUT2D eigenvalue weighted by Gasteiger charge is -2.25. The zero-order valence-corrected chi connectivity index (χ0v) is 15.7. The van der Waals surface area contributed by atoms with Crippen LogP contribution in [0.1, 0.15) is 28.4 Å². The van der Waals surface area contributed by atoms with Gasteiger partial charge in [-0.3, -0.25) is 9.59 Å². The summed E-state index contributed by atoms with van der Waals surface area (Å²) >= 11 is 0. The highest BCUT2D eigenvalue weighted by atomic mass is 16.7. The molecular weight excluding hydrogens is 346 g/mol. The molecule has 6 nitrogen and oxygen atoms in total. The van der Waals surface area contributed by atoms with E-state index < -0.39 is 5.92 Å². The first-order valence-electron chi connectivity index (χ1n) is 8.80. The second-order valence-corrected chi connectivity index (χ2v) is 6.66. The van der Waals surface area contributed by atoms with E-state index in [0.29, 0.717) is 23.6 Å². The van der Waals surface area contributed by atoms with Crippen LogP contribution in [0.15, 0.2) is 42.5 Å². The Kier molecular flexibility index (Phi) is 5.64. The van der Waals surface area contributed by atoms with Gasteiger partial charge >= 0.3 is 5.97 Å². The van der Waals surface area contributed by atoms with Gasteiger partial charge in [0.2, 0.25) is 6.79 Å². The number of aryl methyl sites for hydroxylation is 1. The monoisotopic (exact) mass is 369 g/mol. The molecule has 1 aliphatic rings. The lowest BCUT2D eigenvalue weighted by atomic mass is 10.1. The number of esters is 1. The van der Waals surface area contributed by atoms with Crippen molar-refractivity contribution in [3.05, 3.63) is 59.2 Å². The molecule has 1 heterocycles. The number of rotatable bonds is 6. The molecule has 6 heteroatoms. The number of carbonyl (C=O) groups excluding carboxylic acids is 2. The number of carbonyl (C=O) groups is 2. The molecule has 142 valence electrons. The third-order valence-electron chi connectivity index (χ3n) is 4.49. The molecule has 0 fully saturated rings. The zero-order valence-electron chi connectivity index (χ0n) is 15.7. The average molecular weight is 369 g/mol. The Labute approximate surface area is 158 Å². The Bertz CT molecular complexity index is 831. The number of nitrogens with zero attached hydrogens (tertiary/aromatic N) is 1. The van der Waals surface area contributed by atoms with Gasteiger partial charge in [-0.15, -0.1) is 0 Å². The molecule has 1 amide bonds. The first-order chi connectivity index (χ1) is 13.0. The number of ether oxygens (including phenoxy) is 3. The molecule has 0 radical (unpaired) electrons. The van der Waals surface area contributed by atoms with Crippen LogP contribution in [-0.2, 0) is 16.1 Å². The number of amides is 1. The van der Waals surface area contributed by atoms with Crippen molar-refractivity contribution < 1.29 is 23.8 Å². The van der Waals surface area contributed by atoms with Crippen LogP contribution in [0.25, 0.3) is 0 Å². The van der Waals surface area contributed by atoms with Gasteiger partial charge < -0.3 is 19.1 Å². The Morgan fingerprint density at radius 3 is 2.52 bits per heavy atom. The van der Waals surface area contributed by atoms with E-state index in [1.807, 2.05) is 37.3 Å². The highest BCUT2D eigenvalue weighted by Crippen LogP contribution is 2.33. The summed E-state index contributed by atoms with van der Waals surface area (Å²) in [4.78, 5) is 26.6. The number of hydrogen-bond acceptors (Lipinski definition) is 5. The fourth-order valence-electron chi connectivity index (χ4n) is 2.96. The number of benzene rings is 2. The van der Waals surface area contributed by atoms with Crippen LogP contribution in [0.5, 0.6) is 11.5 Å². The van der Waals surface area contributed by atoms with Gasteiger partial charge in [-0.2, -0.15) is 0 Å². The molecule has 0 spiro atoms. The molecule has 2 aromatic rings. The van der Waals surface area contributed by atoms with Gasteiger partial charge in [0, 0.05) is 18.7 Å². The van der Waals surface area contributed by atoms with Crippen molar-refractivity contribution in [1.82, 2.24) is 4.90 Å². The molecule has 1 atom stereocenters. The molecular formula is C21H23NO5. The molecule has 1 unspecified atom stereocenters. The van der Waals surface area contributed by atoms with Crippen molar-refractivity contribution in [3.63, 3.8) is 0 Å². The zero-order chi connectivity index (χ0) is 19.4. The molecule has 27 heavy (non-hydrogen) atoms. The van der Waals surface area contributed by atoms with E-state index in [2.05, 4.69) is 0 Å². The van der Waals surface area contributed by atoms with Crippen molar-refractivity contribution in [2.24, 2.45) is 5.92 Å².